The third-order valence-corrected chi connectivity index (χ3v) is 4.71. The molecule has 0 unspecified atom stereocenters. The van der Waals surface area contributed by atoms with Crippen LogP contribution in [0.2, 0.25) is 0 Å². The number of rotatable bonds is 8. The molecule has 1 amide bonds. The zero-order valence-electron chi connectivity index (χ0n) is 19.0. The number of nitrogens with zero attached hydrogens (tertiary/aromatic N) is 2. The lowest BCUT2D eigenvalue weighted by Crippen LogP contribution is -2.21. The second kappa shape index (κ2) is 10.1. The van der Waals surface area contributed by atoms with Crippen LogP contribution in [0.1, 0.15) is 50.0 Å². The lowest BCUT2D eigenvalue weighted by Gasteiger charge is -2.13. The molecule has 1 aliphatic rings. The summed E-state index contributed by atoms with van der Waals surface area (Å²) >= 11 is 0. The molecular weight excluding hydrogens is 408 g/mol. The van der Waals surface area contributed by atoms with E-state index < -0.39 is 5.97 Å². The van der Waals surface area contributed by atoms with E-state index in [0.717, 1.165) is 12.0 Å². The number of hydrogen-bond donors (Lipinski definition) is 0. The first kappa shape index (κ1) is 23.1. The van der Waals surface area contributed by atoms with Crippen LogP contribution in [0.5, 0.6) is 11.5 Å². The zero-order valence-corrected chi connectivity index (χ0v) is 19.0. The number of esters is 1. The Labute approximate surface area is 188 Å². The van der Waals surface area contributed by atoms with Crippen LogP contribution < -0.4 is 14.5 Å². The number of anilines is 1. The number of carbonyl (C=O) groups excluding carboxylic acids is 2. The number of methoxy groups -OCH3 is 1. The molecule has 1 heterocycles. The molecule has 3 rings (SSSR count). The van der Waals surface area contributed by atoms with Gasteiger partial charge in [0, 0.05) is 0 Å². The molecule has 2 aromatic rings. The molecule has 0 saturated heterocycles. The Hall–Kier alpha value is -3.61. The molecule has 32 heavy (non-hydrogen) atoms. The summed E-state index contributed by atoms with van der Waals surface area (Å²) in [6.45, 7) is 8.01. The summed E-state index contributed by atoms with van der Waals surface area (Å²) in [5.74, 6) is 0.621. The molecule has 7 nitrogen and oxygen atoms in total. The Balaban J connectivity index is 1.81. The number of hydrazone groups is 1. The quantitative estimate of drug-likeness (QED) is 0.436. The highest BCUT2D eigenvalue weighted by atomic mass is 16.5. The van der Waals surface area contributed by atoms with E-state index in [1.54, 1.807) is 58.2 Å². The highest BCUT2D eigenvalue weighted by molar-refractivity contribution is 6.32. The van der Waals surface area contributed by atoms with Gasteiger partial charge in [0.15, 0.2) is 11.5 Å². The number of hydrogen-bond acceptors (Lipinski definition) is 6. The number of ether oxygens (including phenoxy) is 3. The molecule has 0 aromatic heterocycles. The third-order valence-electron chi connectivity index (χ3n) is 4.71. The highest BCUT2D eigenvalue weighted by Crippen LogP contribution is 2.31. The van der Waals surface area contributed by atoms with E-state index in [2.05, 4.69) is 5.10 Å². The lowest BCUT2D eigenvalue weighted by molar-refractivity contribution is -0.114. The number of amides is 1. The van der Waals surface area contributed by atoms with Crippen molar-refractivity contribution in [2.45, 2.75) is 40.2 Å². The van der Waals surface area contributed by atoms with Crippen LogP contribution in [-0.2, 0) is 9.53 Å². The molecule has 0 N–H and O–H groups in total. The Morgan fingerprint density at radius 3 is 2.47 bits per heavy atom. The van der Waals surface area contributed by atoms with Gasteiger partial charge in [0.25, 0.3) is 5.91 Å². The molecule has 7 heteroatoms. The molecule has 0 bridgehead atoms. The van der Waals surface area contributed by atoms with E-state index in [9.17, 15) is 9.59 Å². The normalized spacial score (nSPS) is 14.7. The topological polar surface area (TPSA) is 77.4 Å². The second-order valence-electron chi connectivity index (χ2n) is 7.62. The van der Waals surface area contributed by atoms with E-state index in [1.165, 1.54) is 5.01 Å². The van der Waals surface area contributed by atoms with Gasteiger partial charge in [-0.15, -0.1) is 0 Å². The van der Waals surface area contributed by atoms with Gasteiger partial charge in [-0.05, 0) is 75.2 Å². The number of carbonyl (C=O) groups is 2. The zero-order chi connectivity index (χ0) is 23.3. The summed E-state index contributed by atoms with van der Waals surface area (Å²) in [4.78, 5) is 25.1. The van der Waals surface area contributed by atoms with Crippen LogP contribution in [0.3, 0.4) is 0 Å². The van der Waals surface area contributed by atoms with Crippen LogP contribution in [0, 0.1) is 0 Å². The van der Waals surface area contributed by atoms with Gasteiger partial charge >= 0.3 is 5.97 Å². The first-order valence-electron chi connectivity index (χ1n) is 10.6. The molecule has 0 spiro atoms. The van der Waals surface area contributed by atoms with Gasteiger partial charge in [-0.25, -0.2) is 4.79 Å². The van der Waals surface area contributed by atoms with Crippen molar-refractivity contribution in [2.24, 2.45) is 5.10 Å². The van der Waals surface area contributed by atoms with Crippen molar-refractivity contribution >= 4 is 29.4 Å². The van der Waals surface area contributed by atoms with Crippen molar-refractivity contribution < 1.29 is 23.8 Å². The van der Waals surface area contributed by atoms with Crippen LogP contribution in [0.15, 0.2) is 53.1 Å². The van der Waals surface area contributed by atoms with E-state index in [1.807, 2.05) is 25.1 Å². The van der Waals surface area contributed by atoms with Gasteiger partial charge in [0.1, 0.15) is 0 Å². The molecule has 0 fully saturated rings. The summed E-state index contributed by atoms with van der Waals surface area (Å²) in [7, 11) is 1.58. The van der Waals surface area contributed by atoms with Gasteiger partial charge in [-0.1, -0.05) is 13.0 Å². The van der Waals surface area contributed by atoms with Crippen molar-refractivity contribution in [2.75, 3.05) is 18.7 Å². The van der Waals surface area contributed by atoms with E-state index >= 15 is 0 Å². The maximum Gasteiger partial charge on any atom is 0.338 e. The van der Waals surface area contributed by atoms with Crippen LogP contribution in [-0.4, -0.2) is 37.4 Å². The Morgan fingerprint density at radius 2 is 1.84 bits per heavy atom. The summed E-state index contributed by atoms with van der Waals surface area (Å²) in [6, 6.07) is 12.1. The third kappa shape index (κ3) is 5.17. The Morgan fingerprint density at radius 1 is 1.12 bits per heavy atom. The minimum Gasteiger partial charge on any atom is -0.493 e. The first-order chi connectivity index (χ1) is 15.3. The molecule has 168 valence electrons. The second-order valence-corrected chi connectivity index (χ2v) is 7.62. The van der Waals surface area contributed by atoms with Crippen LogP contribution >= 0.6 is 0 Å². The lowest BCUT2D eigenvalue weighted by atomic mass is 10.1. The molecule has 0 aliphatic carbocycles. The van der Waals surface area contributed by atoms with E-state index in [4.69, 9.17) is 14.2 Å². The monoisotopic (exact) mass is 436 g/mol. The Bertz CT molecular complexity index is 1050. The fourth-order valence-electron chi connectivity index (χ4n) is 3.15. The average molecular weight is 437 g/mol. The van der Waals surface area contributed by atoms with Crippen molar-refractivity contribution in [3.63, 3.8) is 0 Å². The van der Waals surface area contributed by atoms with Crippen molar-refractivity contribution in [3.05, 3.63) is 59.2 Å². The maximum absolute atomic E-state index is 13.0. The average Bonchev–Trinajstić information content (AvgIpc) is 3.06. The predicted octanol–water partition coefficient (Wildman–Crippen LogP) is 4.86. The van der Waals surface area contributed by atoms with Crippen LogP contribution in [0.4, 0.5) is 5.69 Å². The molecule has 0 radical (unpaired) electrons. The smallest absolute Gasteiger partial charge is 0.338 e. The van der Waals surface area contributed by atoms with E-state index in [0.29, 0.717) is 40.6 Å². The summed E-state index contributed by atoms with van der Waals surface area (Å²) in [5.41, 5.74) is 2.88. The standard InChI is InChI=1S/C25H28N2O5/c1-6-13-31-22-12-7-18(15-23(22)30-5)14-21-17(4)26-27(24(21)28)20-10-8-19(9-11-20)25(29)32-16(2)3/h7-12,14-16H,6,13H2,1-5H3/b21-14+. The van der Waals surface area contributed by atoms with Gasteiger partial charge < -0.3 is 14.2 Å². The van der Waals surface area contributed by atoms with Crippen molar-refractivity contribution in [3.8, 4) is 11.5 Å². The van der Waals surface area contributed by atoms with Gasteiger partial charge in [-0.2, -0.15) is 10.1 Å². The molecular formula is C25H28N2O5. The summed E-state index contributed by atoms with van der Waals surface area (Å²) in [6.07, 6.45) is 2.48. The van der Waals surface area contributed by atoms with E-state index in [-0.39, 0.29) is 12.0 Å². The molecule has 0 saturated carbocycles. The fraction of sp³-hybridized carbons (Fsp3) is 0.320. The van der Waals surface area contributed by atoms with Crippen molar-refractivity contribution in [1.29, 1.82) is 0 Å². The molecule has 1 aliphatic heterocycles. The fourth-order valence-corrected chi connectivity index (χ4v) is 3.15. The largest absolute Gasteiger partial charge is 0.493 e. The van der Waals surface area contributed by atoms with Gasteiger partial charge in [0.2, 0.25) is 0 Å². The van der Waals surface area contributed by atoms with Crippen molar-refractivity contribution in [1.82, 2.24) is 0 Å². The van der Waals surface area contributed by atoms with Crippen LogP contribution in [0.25, 0.3) is 6.08 Å². The number of benzene rings is 2. The first-order valence-corrected chi connectivity index (χ1v) is 10.6. The molecule has 2 aromatic carbocycles. The Kier molecular flexibility index (Phi) is 7.30. The summed E-state index contributed by atoms with van der Waals surface area (Å²) < 4.78 is 16.3. The highest BCUT2D eigenvalue weighted by Gasteiger charge is 2.29. The minimum absolute atomic E-state index is 0.201. The maximum atomic E-state index is 13.0. The van der Waals surface area contributed by atoms with Gasteiger partial charge in [0.05, 0.1) is 42.4 Å². The van der Waals surface area contributed by atoms with Gasteiger partial charge in [-0.3, -0.25) is 4.79 Å². The SMILES string of the molecule is CCCOc1ccc(/C=C2/C(=O)N(c3ccc(C(=O)OC(C)C)cc3)N=C2C)cc1OC. The predicted molar refractivity (Wildman–Crippen MR) is 124 cm³/mol. The summed E-state index contributed by atoms with van der Waals surface area (Å²) in [5, 5.41) is 5.73. The molecule has 0 atom stereocenters. The minimum atomic E-state index is -0.403.